The molecule has 0 atom stereocenters. The van der Waals surface area contributed by atoms with E-state index in [4.69, 9.17) is 4.42 Å². The van der Waals surface area contributed by atoms with Crippen molar-refractivity contribution in [3.8, 4) is 11.5 Å². The number of rotatable bonds is 4. The predicted molar refractivity (Wildman–Crippen MR) is 95.7 cm³/mol. The number of aryl methyl sites for hydroxylation is 1. The van der Waals surface area contributed by atoms with E-state index in [0.717, 1.165) is 28.9 Å². The summed E-state index contributed by atoms with van der Waals surface area (Å²) in [5.74, 6) is 0.649. The molecule has 2 aromatic heterocycles. The van der Waals surface area contributed by atoms with Gasteiger partial charge in [0.2, 0.25) is 5.89 Å². The fraction of sp³-hybridized carbons (Fsp3) is 0.100. The van der Waals surface area contributed by atoms with Gasteiger partial charge in [-0.2, -0.15) is 0 Å². The number of hydrogen-bond donors (Lipinski definition) is 1. The van der Waals surface area contributed by atoms with Gasteiger partial charge in [0, 0.05) is 30.2 Å². The molecule has 0 radical (unpaired) electrons. The lowest BCUT2D eigenvalue weighted by atomic mass is 10.1. The summed E-state index contributed by atoms with van der Waals surface area (Å²) in [6.45, 7) is 2.81. The van der Waals surface area contributed by atoms with Crippen LogP contribution in [0.3, 0.4) is 0 Å². The van der Waals surface area contributed by atoms with Crippen LogP contribution in [-0.2, 0) is 6.54 Å². The third-order valence-electron chi connectivity index (χ3n) is 3.93. The zero-order valence-electron chi connectivity index (χ0n) is 13.4. The molecule has 0 fully saturated rings. The van der Waals surface area contributed by atoms with E-state index >= 15 is 0 Å². The van der Waals surface area contributed by atoms with Gasteiger partial charge in [0.25, 0.3) is 0 Å². The summed E-state index contributed by atoms with van der Waals surface area (Å²) in [5, 5.41) is 3.40. The monoisotopic (exact) mass is 315 g/mol. The van der Waals surface area contributed by atoms with Gasteiger partial charge in [-0.05, 0) is 55.0 Å². The van der Waals surface area contributed by atoms with E-state index in [9.17, 15) is 0 Å². The van der Waals surface area contributed by atoms with E-state index < -0.39 is 0 Å². The maximum absolute atomic E-state index is 5.86. The van der Waals surface area contributed by atoms with Crippen LogP contribution in [0.25, 0.3) is 22.6 Å². The van der Waals surface area contributed by atoms with Crippen LogP contribution in [0.1, 0.15) is 11.1 Å². The van der Waals surface area contributed by atoms with Crippen LogP contribution in [-0.4, -0.2) is 9.97 Å². The molecule has 24 heavy (non-hydrogen) atoms. The van der Waals surface area contributed by atoms with Crippen molar-refractivity contribution in [2.45, 2.75) is 13.5 Å². The van der Waals surface area contributed by atoms with Crippen molar-refractivity contribution in [1.29, 1.82) is 0 Å². The number of anilines is 1. The summed E-state index contributed by atoms with van der Waals surface area (Å²) >= 11 is 0. The summed E-state index contributed by atoms with van der Waals surface area (Å²) in [6.07, 6.45) is 3.59. The zero-order valence-corrected chi connectivity index (χ0v) is 13.4. The van der Waals surface area contributed by atoms with Crippen molar-refractivity contribution >= 4 is 16.8 Å². The van der Waals surface area contributed by atoms with E-state index in [0.29, 0.717) is 5.89 Å². The normalized spacial score (nSPS) is 10.9. The molecule has 0 amide bonds. The van der Waals surface area contributed by atoms with E-state index in [1.807, 2.05) is 42.5 Å². The topological polar surface area (TPSA) is 51.0 Å². The second kappa shape index (κ2) is 6.16. The molecule has 0 unspecified atom stereocenters. The molecule has 0 saturated heterocycles. The number of nitrogens with zero attached hydrogens (tertiary/aromatic N) is 2. The molecule has 0 aliphatic heterocycles. The Morgan fingerprint density at radius 3 is 2.54 bits per heavy atom. The highest BCUT2D eigenvalue weighted by Crippen LogP contribution is 2.26. The van der Waals surface area contributed by atoms with Crippen LogP contribution in [0.4, 0.5) is 5.69 Å². The van der Waals surface area contributed by atoms with Gasteiger partial charge in [-0.3, -0.25) is 4.98 Å². The first-order valence-electron chi connectivity index (χ1n) is 7.88. The lowest BCUT2D eigenvalue weighted by molar-refractivity contribution is 0.620. The Labute approximate surface area is 140 Å². The molecule has 4 aromatic rings. The molecule has 0 bridgehead atoms. The van der Waals surface area contributed by atoms with Gasteiger partial charge in [0.05, 0.1) is 0 Å². The highest BCUT2D eigenvalue weighted by Gasteiger charge is 2.08. The van der Waals surface area contributed by atoms with Crippen LogP contribution < -0.4 is 5.32 Å². The van der Waals surface area contributed by atoms with E-state index in [1.165, 1.54) is 11.1 Å². The highest BCUT2D eigenvalue weighted by molar-refractivity contribution is 5.80. The van der Waals surface area contributed by atoms with E-state index in [2.05, 4.69) is 34.3 Å². The van der Waals surface area contributed by atoms with Crippen LogP contribution in [0, 0.1) is 6.92 Å². The number of oxazole rings is 1. The van der Waals surface area contributed by atoms with Crippen LogP contribution in [0.15, 0.2) is 71.4 Å². The molecule has 1 N–H and O–H groups in total. The molecule has 4 rings (SSSR count). The molecular formula is C20H17N3O. The molecule has 4 heteroatoms. The first-order valence-corrected chi connectivity index (χ1v) is 7.88. The Morgan fingerprint density at radius 2 is 1.75 bits per heavy atom. The van der Waals surface area contributed by atoms with Gasteiger partial charge in [0.1, 0.15) is 5.52 Å². The maximum atomic E-state index is 5.86. The number of hydrogen-bond acceptors (Lipinski definition) is 4. The highest BCUT2D eigenvalue weighted by atomic mass is 16.3. The third kappa shape index (κ3) is 2.99. The zero-order chi connectivity index (χ0) is 16.4. The quantitative estimate of drug-likeness (QED) is 0.587. The lowest BCUT2D eigenvalue weighted by Crippen LogP contribution is -1.98. The summed E-state index contributed by atoms with van der Waals surface area (Å²) < 4.78 is 5.86. The molecule has 2 aromatic carbocycles. The van der Waals surface area contributed by atoms with Gasteiger partial charge in [-0.25, -0.2) is 4.98 Å². The molecule has 2 heterocycles. The van der Waals surface area contributed by atoms with Crippen molar-refractivity contribution in [2.75, 3.05) is 5.32 Å². The summed E-state index contributed by atoms with van der Waals surface area (Å²) in [4.78, 5) is 8.64. The first kappa shape index (κ1) is 14.5. The summed E-state index contributed by atoms with van der Waals surface area (Å²) in [5.41, 5.74) is 6.06. The summed E-state index contributed by atoms with van der Waals surface area (Å²) in [7, 11) is 0. The second-order valence-corrected chi connectivity index (χ2v) is 5.78. The average molecular weight is 315 g/mol. The minimum Gasteiger partial charge on any atom is -0.436 e. The average Bonchev–Trinajstić information content (AvgIpc) is 3.05. The smallest absolute Gasteiger partial charge is 0.227 e. The maximum Gasteiger partial charge on any atom is 0.227 e. The van der Waals surface area contributed by atoms with Crippen LogP contribution in [0.2, 0.25) is 0 Å². The first-order chi connectivity index (χ1) is 11.8. The molecule has 118 valence electrons. The fourth-order valence-corrected chi connectivity index (χ4v) is 2.56. The number of benzene rings is 2. The molecule has 0 aliphatic carbocycles. The van der Waals surface area contributed by atoms with Crippen molar-refractivity contribution in [2.24, 2.45) is 0 Å². The minimum absolute atomic E-state index is 0.649. The third-order valence-corrected chi connectivity index (χ3v) is 3.93. The number of aromatic nitrogens is 2. The lowest BCUT2D eigenvalue weighted by Gasteiger charge is -2.05. The van der Waals surface area contributed by atoms with Crippen molar-refractivity contribution in [1.82, 2.24) is 9.97 Å². The number of nitrogens with one attached hydrogen (secondary N) is 1. The number of fused-ring (bicyclic) bond motifs is 1. The van der Waals surface area contributed by atoms with Crippen LogP contribution in [0.5, 0.6) is 0 Å². The fourth-order valence-electron chi connectivity index (χ4n) is 2.56. The van der Waals surface area contributed by atoms with Gasteiger partial charge in [-0.1, -0.05) is 17.7 Å². The largest absolute Gasteiger partial charge is 0.436 e. The Hall–Kier alpha value is -3.14. The Morgan fingerprint density at radius 1 is 0.958 bits per heavy atom. The van der Waals surface area contributed by atoms with Gasteiger partial charge in [-0.15, -0.1) is 0 Å². The minimum atomic E-state index is 0.649. The Bertz CT molecular complexity index is 959. The standard InChI is InChI=1S/C20H17N3O/c1-14-2-4-16(5-3-14)20-23-18-12-17(6-7-19(18)24-20)22-13-15-8-10-21-11-9-15/h2-12,22H,13H2,1H3. The molecule has 0 aliphatic rings. The van der Waals surface area contributed by atoms with Crippen molar-refractivity contribution in [3.63, 3.8) is 0 Å². The SMILES string of the molecule is Cc1ccc(-c2nc3cc(NCc4ccncc4)ccc3o2)cc1. The Balaban J connectivity index is 1.58. The van der Waals surface area contributed by atoms with Gasteiger partial charge >= 0.3 is 0 Å². The van der Waals surface area contributed by atoms with Crippen molar-refractivity contribution in [3.05, 3.63) is 78.1 Å². The van der Waals surface area contributed by atoms with Crippen molar-refractivity contribution < 1.29 is 4.42 Å². The van der Waals surface area contributed by atoms with Crippen LogP contribution >= 0.6 is 0 Å². The van der Waals surface area contributed by atoms with Gasteiger partial charge in [0.15, 0.2) is 5.58 Å². The van der Waals surface area contributed by atoms with E-state index in [-0.39, 0.29) is 0 Å². The molecule has 0 spiro atoms. The Kier molecular flexibility index (Phi) is 3.71. The summed E-state index contributed by atoms with van der Waals surface area (Å²) in [6, 6.07) is 18.2. The molecule has 0 saturated carbocycles. The number of pyridine rings is 1. The molecular weight excluding hydrogens is 298 g/mol. The predicted octanol–water partition coefficient (Wildman–Crippen LogP) is 4.81. The molecule has 4 nitrogen and oxygen atoms in total. The van der Waals surface area contributed by atoms with E-state index in [1.54, 1.807) is 12.4 Å². The second-order valence-electron chi connectivity index (χ2n) is 5.78. The van der Waals surface area contributed by atoms with Gasteiger partial charge < -0.3 is 9.73 Å².